The van der Waals surface area contributed by atoms with Crippen LogP contribution < -0.4 is 5.32 Å². The molecule has 0 amide bonds. The number of aromatic nitrogens is 1. The van der Waals surface area contributed by atoms with Gasteiger partial charge in [0.25, 0.3) is 0 Å². The average molecular weight is 217 g/mol. The second kappa shape index (κ2) is 5.47. The zero-order valence-corrected chi connectivity index (χ0v) is 9.15. The van der Waals surface area contributed by atoms with Crippen LogP contribution in [0, 0.1) is 11.3 Å². The zero-order chi connectivity index (χ0) is 11.2. The summed E-state index contributed by atoms with van der Waals surface area (Å²) in [6, 6.07) is 5.54. The molecule has 1 aliphatic rings. The minimum atomic E-state index is 0.279. The molecule has 0 aliphatic carbocycles. The highest BCUT2D eigenvalue weighted by Gasteiger charge is 2.13. The van der Waals surface area contributed by atoms with Crippen LogP contribution in [0.3, 0.4) is 0 Å². The van der Waals surface area contributed by atoms with Gasteiger partial charge in [0, 0.05) is 19.3 Å². The maximum Gasteiger partial charge on any atom is 0.127 e. The molecular formula is C12H15N3O. The fraction of sp³-hybridized carbons (Fsp3) is 0.500. The summed E-state index contributed by atoms with van der Waals surface area (Å²) in [5.41, 5.74) is 0.627. The predicted molar refractivity (Wildman–Crippen MR) is 61.0 cm³/mol. The number of pyridine rings is 1. The Balaban J connectivity index is 1.86. The first kappa shape index (κ1) is 10.9. The molecule has 1 fully saturated rings. The Morgan fingerprint density at radius 2 is 2.50 bits per heavy atom. The van der Waals surface area contributed by atoms with Crippen LogP contribution in [0.25, 0.3) is 0 Å². The fourth-order valence-corrected chi connectivity index (χ4v) is 1.78. The number of nitrogens with one attached hydrogen (secondary N) is 1. The lowest BCUT2D eigenvalue weighted by molar-refractivity contribution is 0.0247. The van der Waals surface area contributed by atoms with Crippen molar-refractivity contribution in [1.82, 2.24) is 4.98 Å². The van der Waals surface area contributed by atoms with Crippen molar-refractivity contribution in [3.05, 3.63) is 23.9 Å². The summed E-state index contributed by atoms with van der Waals surface area (Å²) in [6.07, 6.45) is 5.42. The van der Waals surface area contributed by atoms with Crippen LogP contribution in [0.5, 0.6) is 0 Å². The number of nitriles is 1. The lowest BCUT2D eigenvalue weighted by Gasteiger charge is -2.22. The van der Waals surface area contributed by atoms with Gasteiger partial charge >= 0.3 is 0 Å². The lowest BCUT2D eigenvalue weighted by Crippen LogP contribution is -2.27. The molecule has 84 valence electrons. The van der Waals surface area contributed by atoms with Gasteiger partial charge in [-0.3, -0.25) is 0 Å². The van der Waals surface area contributed by atoms with Gasteiger partial charge in [0.15, 0.2) is 0 Å². The fourth-order valence-electron chi connectivity index (χ4n) is 1.78. The van der Waals surface area contributed by atoms with Crippen LogP contribution in [-0.4, -0.2) is 24.2 Å². The molecule has 1 aliphatic heterocycles. The Morgan fingerprint density at radius 1 is 1.56 bits per heavy atom. The van der Waals surface area contributed by atoms with Crippen LogP contribution in [-0.2, 0) is 4.74 Å². The van der Waals surface area contributed by atoms with Crippen molar-refractivity contribution in [3.8, 4) is 6.07 Å². The van der Waals surface area contributed by atoms with Gasteiger partial charge in [0.1, 0.15) is 5.82 Å². The maximum absolute atomic E-state index is 8.75. The molecule has 1 unspecified atom stereocenters. The number of rotatable bonds is 3. The van der Waals surface area contributed by atoms with Gasteiger partial charge < -0.3 is 10.1 Å². The summed E-state index contributed by atoms with van der Waals surface area (Å²) in [6.45, 7) is 1.62. The Bertz CT molecular complexity index is 380. The highest BCUT2D eigenvalue weighted by Crippen LogP contribution is 2.13. The first-order valence-corrected chi connectivity index (χ1v) is 5.60. The van der Waals surface area contributed by atoms with E-state index in [1.165, 1.54) is 12.8 Å². The summed E-state index contributed by atoms with van der Waals surface area (Å²) in [7, 11) is 0. The van der Waals surface area contributed by atoms with Gasteiger partial charge in [-0.25, -0.2) is 4.98 Å². The maximum atomic E-state index is 8.75. The van der Waals surface area contributed by atoms with E-state index in [2.05, 4.69) is 16.4 Å². The lowest BCUT2D eigenvalue weighted by atomic mass is 10.1. The minimum Gasteiger partial charge on any atom is -0.376 e. The molecule has 0 saturated carbocycles. The number of nitrogens with zero attached hydrogens (tertiary/aromatic N) is 2. The molecule has 1 aromatic rings. The van der Waals surface area contributed by atoms with Crippen molar-refractivity contribution in [1.29, 1.82) is 5.26 Å². The van der Waals surface area contributed by atoms with Gasteiger partial charge in [-0.15, -0.1) is 0 Å². The van der Waals surface area contributed by atoms with Crippen LogP contribution in [0.15, 0.2) is 18.3 Å². The average Bonchev–Trinajstić information content (AvgIpc) is 2.38. The Kier molecular flexibility index (Phi) is 3.73. The third-order valence-electron chi connectivity index (χ3n) is 2.67. The molecule has 2 rings (SSSR count). The van der Waals surface area contributed by atoms with Crippen molar-refractivity contribution in [2.75, 3.05) is 18.5 Å². The summed E-state index contributed by atoms with van der Waals surface area (Å²) in [5.74, 6) is 0.744. The number of hydrogen-bond donors (Lipinski definition) is 1. The predicted octanol–water partition coefficient (Wildman–Crippen LogP) is 1.93. The molecule has 0 radical (unpaired) electrons. The Morgan fingerprint density at radius 3 is 3.25 bits per heavy atom. The molecule has 1 aromatic heterocycles. The first-order valence-electron chi connectivity index (χ1n) is 5.60. The third kappa shape index (κ3) is 2.94. The Labute approximate surface area is 95.3 Å². The van der Waals surface area contributed by atoms with E-state index in [1.54, 1.807) is 18.3 Å². The van der Waals surface area contributed by atoms with E-state index in [0.29, 0.717) is 5.56 Å². The van der Waals surface area contributed by atoms with Gasteiger partial charge in [0.05, 0.1) is 17.7 Å². The Hall–Kier alpha value is -1.60. The zero-order valence-electron chi connectivity index (χ0n) is 9.15. The van der Waals surface area contributed by atoms with Crippen molar-refractivity contribution < 1.29 is 4.74 Å². The SMILES string of the molecule is N#Cc1ccnc(NCC2CCCCO2)c1. The third-order valence-corrected chi connectivity index (χ3v) is 2.67. The van der Waals surface area contributed by atoms with E-state index in [-0.39, 0.29) is 6.10 Å². The molecule has 4 heteroatoms. The minimum absolute atomic E-state index is 0.279. The molecule has 1 N–H and O–H groups in total. The smallest absolute Gasteiger partial charge is 0.127 e. The summed E-state index contributed by atoms with van der Waals surface area (Å²) in [5, 5.41) is 12.0. The van der Waals surface area contributed by atoms with E-state index in [1.807, 2.05) is 0 Å². The van der Waals surface area contributed by atoms with E-state index >= 15 is 0 Å². The van der Waals surface area contributed by atoms with Gasteiger partial charge in [-0.2, -0.15) is 5.26 Å². The van der Waals surface area contributed by atoms with Gasteiger partial charge in [-0.1, -0.05) is 0 Å². The standard InChI is InChI=1S/C12H15N3O/c13-8-10-4-5-14-12(7-10)15-9-11-3-1-2-6-16-11/h4-5,7,11H,1-3,6,9H2,(H,14,15). The largest absolute Gasteiger partial charge is 0.376 e. The van der Waals surface area contributed by atoms with Crippen LogP contribution in [0.4, 0.5) is 5.82 Å². The van der Waals surface area contributed by atoms with E-state index in [9.17, 15) is 0 Å². The number of hydrogen-bond acceptors (Lipinski definition) is 4. The molecule has 2 heterocycles. The quantitative estimate of drug-likeness (QED) is 0.840. The topological polar surface area (TPSA) is 57.9 Å². The highest BCUT2D eigenvalue weighted by molar-refractivity contribution is 5.42. The van der Waals surface area contributed by atoms with Gasteiger partial charge in [0.2, 0.25) is 0 Å². The van der Waals surface area contributed by atoms with E-state index in [4.69, 9.17) is 10.00 Å². The molecular weight excluding hydrogens is 202 g/mol. The second-order valence-corrected chi connectivity index (χ2v) is 3.91. The van der Waals surface area contributed by atoms with Gasteiger partial charge in [-0.05, 0) is 31.4 Å². The summed E-state index contributed by atoms with van der Waals surface area (Å²) in [4.78, 5) is 4.15. The first-order chi connectivity index (χ1) is 7.88. The summed E-state index contributed by atoms with van der Waals surface area (Å²) >= 11 is 0. The van der Waals surface area contributed by atoms with Crippen LogP contribution in [0.1, 0.15) is 24.8 Å². The van der Waals surface area contributed by atoms with E-state index < -0.39 is 0 Å². The molecule has 4 nitrogen and oxygen atoms in total. The monoisotopic (exact) mass is 217 g/mol. The van der Waals surface area contributed by atoms with Crippen molar-refractivity contribution in [2.24, 2.45) is 0 Å². The molecule has 1 atom stereocenters. The van der Waals surface area contributed by atoms with E-state index in [0.717, 1.165) is 25.4 Å². The van der Waals surface area contributed by atoms with Crippen molar-refractivity contribution in [2.45, 2.75) is 25.4 Å². The molecule has 16 heavy (non-hydrogen) atoms. The molecule has 0 spiro atoms. The van der Waals surface area contributed by atoms with Crippen molar-refractivity contribution >= 4 is 5.82 Å². The summed E-state index contributed by atoms with van der Waals surface area (Å²) < 4.78 is 5.60. The van der Waals surface area contributed by atoms with Crippen LogP contribution in [0.2, 0.25) is 0 Å². The normalized spacial score (nSPS) is 20.1. The second-order valence-electron chi connectivity index (χ2n) is 3.91. The molecule has 1 saturated heterocycles. The highest BCUT2D eigenvalue weighted by atomic mass is 16.5. The number of ether oxygens (including phenoxy) is 1. The van der Waals surface area contributed by atoms with Crippen molar-refractivity contribution in [3.63, 3.8) is 0 Å². The molecule has 0 aromatic carbocycles. The molecule has 0 bridgehead atoms. The van der Waals surface area contributed by atoms with Crippen LogP contribution >= 0.6 is 0 Å². The number of anilines is 1.